The second-order valence-corrected chi connectivity index (χ2v) is 10.1. The number of nitrogens with zero attached hydrogens (tertiary/aromatic N) is 1. The maximum absolute atomic E-state index is 12.4. The van der Waals surface area contributed by atoms with Crippen LogP contribution < -0.4 is 4.72 Å². The van der Waals surface area contributed by atoms with Crippen molar-refractivity contribution in [3.8, 4) is 0 Å². The molecule has 2 rings (SSSR count). The van der Waals surface area contributed by atoms with E-state index in [1.807, 2.05) is 6.92 Å². The van der Waals surface area contributed by atoms with Crippen molar-refractivity contribution in [1.82, 2.24) is 9.62 Å². The maximum Gasteiger partial charge on any atom is 0.250 e. The molecule has 1 aliphatic rings. The summed E-state index contributed by atoms with van der Waals surface area (Å²) in [6.07, 6.45) is 0. The van der Waals surface area contributed by atoms with Crippen molar-refractivity contribution in [2.75, 3.05) is 32.8 Å². The zero-order valence-corrected chi connectivity index (χ0v) is 15.7. The van der Waals surface area contributed by atoms with Gasteiger partial charge in [0.2, 0.25) is 10.0 Å². The van der Waals surface area contributed by atoms with Crippen LogP contribution in [0.5, 0.6) is 0 Å². The van der Waals surface area contributed by atoms with Crippen molar-refractivity contribution in [2.45, 2.75) is 30.5 Å². The van der Waals surface area contributed by atoms with E-state index in [0.29, 0.717) is 24.0 Å². The SMILES string of the molecule is Cc1cc(S(=O)(=O)NCC(C)(C)N2CCOCC2)sc1Br. The van der Waals surface area contributed by atoms with Crippen LogP contribution in [0.1, 0.15) is 19.4 Å². The first kappa shape index (κ1) is 17.4. The van der Waals surface area contributed by atoms with Crippen LogP contribution in [0.15, 0.2) is 14.1 Å². The summed E-state index contributed by atoms with van der Waals surface area (Å²) >= 11 is 4.61. The number of hydrogen-bond donors (Lipinski definition) is 1. The van der Waals surface area contributed by atoms with Gasteiger partial charge in [0, 0.05) is 25.2 Å². The van der Waals surface area contributed by atoms with Crippen LogP contribution >= 0.6 is 27.3 Å². The van der Waals surface area contributed by atoms with Gasteiger partial charge in [0.05, 0.1) is 17.0 Å². The number of thiophene rings is 1. The first-order valence-corrected chi connectivity index (χ1v) is 9.90. The van der Waals surface area contributed by atoms with Crippen LogP contribution in [0.4, 0.5) is 0 Å². The molecule has 0 atom stereocenters. The Morgan fingerprint density at radius 3 is 2.57 bits per heavy atom. The van der Waals surface area contributed by atoms with E-state index in [9.17, 15) is 8.42 Å². The molecule has 1 saturated heterocycles. The summed E-state index contributed by atoms with van der Waals surface area (Å²) in [4.78, 5) is 2.26. The lowest BCUT2D eigenvalue weighted by Crippen LogP contribution is -2.55. The van der Waals surface area contributed by atoms with Crippen LogP contribution in [0.25, 0.3) is 0 Å². The van der Waals surface area contributed by atoms with Gasteiger partial charge in [-0.2, -0.15) is 0 Å². The fourth-order valence-electron chi connectivity index (χ4n) is 2.19. The first-order chi connectivity index (χ1) is 9.72. The van der Waals surface area contributed by atoms with E-state index in [4.69, 9.17) is 4.74 Å². The summed E-state index contributed by atoms with van der Waals surface area (Å²) in [5, 5.41) is 0. The summed E-state index contributed by atoms with van der Waals surface area (Å²) in [5.74, 6) is 0. The molecular weight excluding hydrogens is 376 g/mol. The van der Waals surface area contributed by atoms with Gasteiger partial charge < -0.3 is 4.74 Å². The molecule has 0 saturated carbocycles. The molecule has 8 heteroatoms. The Bertz CT molecular complexity index is 573. The molecule has 0 aliphatic carbocycles. The van der Waals surface area contributed by atoms with Gasteiger partial charge in [-0.15, -0.1) is 11.3 Å². The Morgan fingerprint density at radius 2 is 2.05 bits per heavy atom. The van der Waals surface area contributed by atoms with Crippen LogP contribution in [0, 0.1) is 6.92 Å². The maximum atomic E-state index is 12.4. The van der Waals surface area contributed by atoms with Crippen LogP contribution in [0.2, 0.25) is 0 Å². The highest BCUT2D eigenvalue weighted by molar-refractivity contribution is 9.11. The number of halogens is 1. The Labute approximate surface area is 138 Å². The number of aryl methyl sites for hydroxylation is 1. The lowest BCUT2D eigenvalue weighted by molar-refractivity contribution is -0.00803. The highest BCUT2D eigenvalue weighted by atomic mass is 79.9. The van der Waals surface area contributed by atoms with Crippen molar-refractivity contribution < 1.29 is 13.2 Å². The Kier molecular flexibility index (Phi) is 5.49. The van der Waals surface area contributed by atoms with Gasteiger partial charge in [0.25, 0.3) is 0 Å². The Morgan fingerprint density at radius 1 is 1.43 bits per heavy atom. The predicted molar refractivity (Wildman–Crippen MR) is 88.4 cm³/mol. The van der Waals surface area contributed by atoms with Crippen molar-refractivity contribution in [3.63, 3.8) is 0 Å². The molecule has 1 aromatic rings. The number of ether oxygens (including phenoxy) is 1. The summed E-state index contributed by atoms with van der Waals surface area (Å²) < 4.78 is 34.0. The lowest BCUT2D eigenvalue weighted by atomic mass is 10.0. The van der Waals surface area contributed by atoms with Crippen LogP contribution in [0.3, 0.4) is 0 Å². The van der Waals surface area contributed by atoms with Gasteiger partial charge in [0.15, 0.2) is 0 Å². The van der Waals surface area contributed by atoms with Gasteiger partial charge in [-0.05, 0) is 48.3 Å². The quantitative estimate of drug-likeness (QED) is 0.828. The third kappa shape index (κ3) is 4.27. The molecule has 0 bridgehead atoms. The van der Waals surface area contributed by atoms with Gasteiger partial charge in [0.1, 0.15) is 4.21 Å². The molecule has 0 amide bonds. The molecule has 21 heavy (non-hydrogen) atoms. The largest absolute Gasteiger partial charge is 0.379 e. The molecule has 1 fully saturated rings. The average molecular weight is 397 g/mol. The van der Waals surface area contributed by atoms with Gasteiger partial charge in [-0.25, -0.2) is 13.1 Å². The first-order valence-electron chi connectivity index (χ1n) is 6.81. The summed E-state index contributed by atoms with van der Waals surface area (Å²) in [6, 6.07) is 1.69. The summed E-state index contributed by atoms with van der Waals surface area (Å²) in [7, 11) is -3.45. The fourth-order valence-corrected chi connectivity index (χ4v) is 5.66. The normalized spacial score (nSPS) is 18.1. The predicted octanol–water partition coefficient (Wildman–Crippen LogP) is 2.21. The highest BCUT2D eigenvalue weighted by Gasteiger charge is 2.30. The number of sulfonamides is 1. The van der Waals surface area contributed by atoms with Crippen molar-refractivity contribution in [1.29, 1.82) is 0 Å². The Hall–Kier alpha value is 0.01000. The second-order valence-electron chi connectivity index (χ2n) is 5.76. The van der Waals surface area contributed by atoms with E-state index in [0.717, 1.165) is 22.4 Å². The summed E-state index contributed by atoms with van der Waals surface area (Å²) in [6.45, 7) is 9.44. The molecule has 5 nitrogen and oxygen atoms in total. The molecule has 2 heterocycles. The number of rotatable bonds is 5. The van der Waals surface area contributed by atoms with Gasteiger partial charge >= 0.3 is 0 Å². The van der Waals surface area contributed by atoms with Gasteiger partial charge in [-0.1, -0.05) is 0 Å². The van der Waals surface area contributed by atoms with Crippen LogP contribution in [-0.4, -0.2) is 51.7 Å². The third-order valence-corrected chi connectivity index (χ3v) is 7.67. The molecule has 1 N–H and O–H groups in total. The fraction of sp³-hybridized carbons (Fsp3) is 0.692. The van der Waals surface area contributed by atoms with Crippen molar-refractivity contribution >= 4 is 37.3 Å². The minimum absolute atomic E-state index is 0.236. The van der Waals surface area contributed by atoms with E-state index < -0.39 is 10.0 Å². The molecule has 0 radical (unpaired) electrons. The zero-order chi connectivity index (χ0) is 15.7. The molecule has 1 aliphatic heterocycles. The van der Waals surface area contributed by atoms with E-state index >= 15 is 0 Å². The number of hydrogen-bond acceptors (Lipinski definition) is 5. The number of nitrogens with one attached hydrogen (secondary N) is 1. The molecular formula is C13H21BrN2O3S2. The standard InChI is InChI=1S/C13H21BrN2O3S2/c1-10-8-11(20-12(10)14)21(17,18)15-9-13(2,3)16-4-6-19-7-5-16/h8,15H,4-7,9H2,1-3H3. The third-order valence-electron chi connectivity index (χ3n) is 3.66. The molecule has 0 unspecified atom stereocenters. The zero-order valence-electron chi connectivity index (χ0n) is 12.5. The topological polar surface area (TPSA) is 58.6 Å². The molecule has 0 aromatic carbocycles. The minimum atomic E-state index is -3.45. The minimum Gasteiger partial charge on any atom is -0.379 e. The molecule has 1 aromatic heterocycles. The molecule has 0 spiro atoms. The smallest absolute Gasteiger partial charge is 0.250 e. The van der Waals surface area contributed by atoms with Crippen molar-refractivity contribution in [2.24, 2.45) is 0 Å². The monoisotopic (exact) mass is 396 g/mol. The average Bonchev–Trinajstić information content (AvgIpc) is 2.79. The lowest BCUT2D eigenvalue weighted by Gasteiger charge is -2.40. The van der Waals surface area contributed by atoms with Gasteiger partial charge in [-0.3, -0.25) is 4.90 Å². The second kappa shape index (κ2) is 6.64. The van der Waals surface area contributed by atoms with E-state index in [2.05, 4.69) is 39.4 Å². The molecule has 120 valence electrons. The summed E-state index contributed by atoms with van der Waals surface area (Å²) in [5.41, 5.74) is 0.702. The highest BCUT2D eigenvalue weighted by Crippen LogP contribution is 2.30. The van der Waals surface area contributed by atoms with E-state index in [1.54, 1.807) is 6.07 Å². The van der Waals surface area contributed by atoms with E-state index in [1.165, 1.54) is 11.3 Å². The number of morpholine rings is 1. The van der Waals surface area contributed by atoms with Crippen molar-refractivity contribution in [3.05, 3.63) is 15.4 Å². The van der Waals surface area contributed by atoms with Crippen LogP contribution in [-0.2, 0) is 14.8 Å². The van der Waals surface area contributed by atoms with E-state index in [-0.39, 0.29) is 5.54 Å². The Balaban J connectivity index is 2.03.